The molecule has 2 amide bonds. The Morgan fingerprint density at radius 3 is 2.33 bits per heavy atom. The molecule has 0 fully saturated rings. The average Bonchev–Trinajstić information content (AvgIpc) is 2.59. The van der Waals surface area contributed by atoms with Gasteiger partial charge in [-0.05, 0) is 36.4 Å². The molecule has 2 aromatic carbocycles. The zero-order valence-corrected chi connectivity index (χ0v) is 15.8. The SMILES string of the molecule is CC(=O)Nc1cccc(NC(=O)COC(=O)COc2ccc(Cl)cc2Cl)c1. The van der Waals surface area contributed by atoms with Crippen molar-refractivity contribution in [3.8, 4) is 5.75 Å². The van der Waals surface area contributed by atoms with Gasteiger partial charge in [-0.2, -0.15) is 0 Å². The van der Waals surface area contributed by atoms with Crippen LogP contribution in [-0.2, 0) is 19.1 Å². The third-order valence-electron chi connectivity index (χ3n) is 3.07. The van der Waals surface area contributed by atoms with E-state index in [0.717, 1.165) is 0 Å². The Hall–Kier alpha value is -2.77. The van der Waals surface area contributed by atoms with Gasteiger partial charge >= 0.3 is 5.97 Å². The van der Waals surface area contributed by atoms with Crippen LogP contribution < -0.4 is 15.4 Å². The van der Waals surface area contributed by atoms with Gasteiger partial charge < -0.3 is 20.1 Å². The van der Waals surface area contributed by atoms with Crippen molar-refractivity contribution in [1.29, 1.82) is 0 Å². The molecule has 0 aliphatic rings. The van der Waals surface area contributed by atoms with Crippen LogP contribution in [0.15, 0.2) is 42.5 Å². The molecule has 0 bridgehead atoms. The second-order valence-electron chi connectivity index (χ2n) is 5.33. The zero-order chi connectivity index (χ0) is 19.8. The molecule has 0 radical (unpaired) electrons. The molecule has 2 aromatic rings. The standard InChI is InChI=1S/C18H16Cl2N2O5/c1-11(23)21-13-3-2-4-14(8-13)22-17(24)9-27-18(25)10-26-16-6-5-12(19)7-15(16)20/h2-8H,9-10H2,1H3,(H,21,23)(H,22,24). The number of ether oxygens (including phenoxy) is 2. The van der Waals surface area contributed by atoms with E-state index >= 15 is 0 Å². The summed E-state index contributed by atoms with van der Waals surface area (Å²) >= 11 is 11.7. The van der Waals surface area contributed by atoms with Crippen LogP contribution in [0.3, 0.4) is 0 Å². The highest BCUT2D eigenvalue weighted by Gasteiger charge is 2.11. The lowest BCUT2D eigenvalue weighted by Gasteiger charge is -2.10. The van der Waals surface area contributed by atoms with Crippen molar-refractivity contribution in [1.82, 2.24) is 0 Å². The van der Waals surface area contributed by atoms with Crippen molar-refractivity contribution in [3.05, 3.63) is 52.5 Å². The van der Waals surface area contributed by atoms with Gasteiger partial charge in [-0.25, -0.2) is 4.79 Å². The molecule has 27 heavy (non-hydrogen) atoms. The molecule has 0 unspecified atom stereocenters. The summed E-state index contributed by atoms with van der Waals surface area (Å²) in [4.78, 5) is 34.6. The van der Waals surface area contributed by atoms with Crippen LogP contribution in [0.2, 0.25) is 10.0 Å². The third kappa shape index (κ3) is 7.16. The van der Waals surface area contributed by atoms with Crippen molar-refractivity contribution in [2.75, 3.05) is 23.8 Å². The number of anilines is 2. The molecule has 0 atom stereocenters. The normalized spacial score (nSPS) is 10.0. The first kappa shape index (κ1) is 20.5. The van der Waals surface area contributed by atoms with E-state index in [2.05, 4.69) is 10.6 Å². The van der Waals surface area contributed by atoms with Crippen molar-refractivity contribution in [3.63, 3.8) is 0 Å². The van der Waals surface area contributed by atoms with Crippen LogP contribution in [0.4, 0.5) is 11.4 Å². The summed E-state index contributed by atoms with van der Waals surface area (Å²) in [6.07, 6.45) is 0. The van der Waals surface area contributed by atoms with Crippen molar-refractivity contribution < 1.29 is 23.9 Å². The summed E-state index contributed by atoms with van der Waals surface area (Å²) < 4.78 is 10.1. The summed E-state index contributed by atoms with van der Waals surface area (Å²) in [7, 11) is 0. The molecule has 142 valence electrons. The molecule has 0 saturated heterocycles. The second-order valence-corrected chi connectivity index (χ2v) is 6.18. The van der Waals surface area contributed by atoms with E-state index in [9.17, 15) is 14.4 Å². The highest BCUT2D eigenvalue weighted by molar-refractivity contribution is 6.35. The fraction of sp³-hybridized carbons (Fsp3) is 0.167. The van der Waals surface area contributed by atoms with E-state index in [-0.39, 0.29) is 16.7 Å². The van der Waals surface area contributed by atoms with E-state index in [1.807, 2.05) is 0 Å². The van der Waals surface area contributed by atoms with Gasteiger partial charge in [0, 0.05) is 23.3 Å². The predicted octanol–water partition coefficient (Wildman–Crippen LogP) is 3.51. The van der Waals surface area contributed by atoms with Gasteiger partial charge in [0.1, 0.15) is 5.75 Å². The Kier molecular flexibility index (Phi) is 7.45. The lowest BCUT2D eigenvalue weighted by atomic mass is 10.2. The maximum absolute atomic E-state index is 11.9. The van der Waals surface area contributed by atoms with Crippen LogP contribution in [-0.4, -0.2) is 31.0 Å². The van der Waals surface area contributed by atoms with Gasteiger partial charge in [-0.1, -0.05) is 29.3 Å². The summed E-state index contributed by atoms with van der Waals surface area (Å²) in [5.41, 5.74) is 0.983. The van der Waals surface area contributed by atoms with E-state index < -0.39 is 25.1 Å². The Morgan fingerprint density at radius 2 is 1.67 bits per heavy atom. The molecule has 0 aliphatic carbocycles. The number of amides is 2. The number of esters is 1. The van der Waals surface area contributed by atoms with E-state index in [0.29, 0.717) is 16.4 Å². The first-order chi connectivity index (χ1) is 12.8. The summed E-state index contributed by atoms with van der Waals surface area (Å²) in [6, 6.07) is 11.1. The number of carbonyl (C=O) groups is 3. The third-order valence-corrected chi connectivity index (χ3v) is 3.60. The number of benzene rings is 2. The largest absolute Gasteiger partial charge is 0.480 e. The first-order valence-corrected chi connectivity index (χ1v) is 8.50. The van der Waals surface area contributed by atoms with Crippen molar-refractivity contribution >= 4 is 52.4 Å². The van der Waals surface area contributed by atoms with Gasteiger partial charge in [-0.3, -0.25) is 9.59 Å². The van der Waals surface area contributed by atoms with Gasteiger partial charge in [-0.15, -0.1) is 0 Å². The highest BCUT2D eigenvalue weighted by atomic mass is 35.5. The van der Waals surface area contributed by atoms with Crippen molar-refractivity contribution in [2.45, 2.75) is 6.92 Å². The Morgan fingerprint density at radius 1 is 0.963 bits per heavy atom. The number of carbonyl (C=O) groups excluding carboxylic acids is 3. The highest BCUT2D eigenvalue weighted by Crippen LogP contribution is 2.27. The lowest BCUT2D eigenvalue weighted by molar-refractivity contribution is -0.149. The molecule has 0 heterocycles. The first-order valence-electron chi connectivity index (χ1n) is 7.74. The molecule has 0 saturated carbocycles. The van der Waals surface area contributed by atoms with Gasteiger partial charge in [0.15, 0.2) is 13.2 Å². The fourth-order valence-electron chi connectivity index (χ4n) is 1.99. The Balaban J connectivity index is 1.78. The lowest BCUT2D eigenvalue weighted by Crippen LogP contribution is -2.23. The molecule has 7 nitrogen and oxygen atoms in total. The molecule has 9 heteroatoms. The summed E-state index contributed by atoms with van der Waals surface area (Å²) in [6.45, 7) is 0.484. The maximum Gasteiger partial charge on any atom is 0.344 e. The number of halogens is 2. The summed E-state index contributed by atoms with van der Waals surface area (Å²) in [5.74, 6) is -1.22. The maximum atomic E-state index is 11.9. The molecule has 0 spiro atoms. The smallest absolute Gasteiger partial charge is 0.344 e. The van der Waals surface area contributed by atoms with E-state index in [4.69, 9.17) is 32.7 Å². The van der Waals surface area contributed by atoms with E-state index in [1.54, 1.807) is 30.3 Å². The monoisotopic (exact) mass is 410 g/mol. The number of hydrogen-bond donors (Lipinski definition) is 2. The van der Waals surface area contributed by atoms with Crippen LogP contribution in [0, 0.1) is 0 Å². The average molecular weight is 411 g/mol. The molecule has 0 aromatic heterocycles. The molecular weight excluding hydrogens is 395 g/mol. The van der Waals surface area contributed by atoms with Crippen LogP contribution in [0.25, 0.3) is 0 Å². The Labute approximate surface area is 165 Å². The van der Waals surface area contributed by atoms with Crippen LogP contribution >= 0.6 is 23.2 Å². The molecular formula is C18H16Cl2N2O5. The van der Waals surface area contributed by atoms with Crippen molar-refractivity contribution in [2.24, 2.45) is 0 Å². The van der Waals surface area contributed by atoms with Crippen LogP contribution in [0.5, 0.6) is 5.75 Å². The Bertz CT molecular complexity index is 857. The molecule has 0 aliphatic heterocycles. The number of nitrogens with one attached hydrogen (secondary N) is 2. The number of rotatable bonds is 7. The van der Waals surface area contributed by atoms with Crippen LogP contribution in [0.1, 0.15) is 6.92 Å². The predicted molar refractivity (Wildman–Crippen MR) is 102 cm³/mol. The minimum atomic E-state index is -0.733. The van der Waals surface area contributed by atoms with E-state index in [1.165, 1.54) is 19.1 Å². The minimum Gasteiger partial charge on any atom is -0.480 e. The second kappa shape index (κ2) is 9.80. The topological polar surface area (TPSA) is 93.7 Å². The quantitative estimate of drug-likeness (QED) is 0.681. The summed E-state index contributed by atoms with van der Waals surface area (Å²) in [5, 5.41) is 5.85. The molecule has 2 rings (SSSR count). The van der Waals surface area contributed by atoms with Gasteiger partial charge in [0.05, 0.1) is 5.02 Å². The fourth-order valence-corrected chi connectivity index (χ4v) is 2.45. The molecule has 2 N–H and O–H groups in total. The zero-order valence-electron chi connectivity index (χ0n) is 14.3. The van der Waals surface area contributed by atoms with Gasteiger partial charge in [0.2, 0.25) is 5.91 Å². The number of hydrogen-bond acceptors (Lipinski definition) is 5. The van der Waals surface area contributed by atoms with Gasteiger partial charge in [0.25, 0.3) is 5.91 Å². The minimum absolute atomic E-state index is 0.229.